The van der Waals surface area contributed by atoms with Gasteiger partial charge in [0.15, 0.2) is 0 Å². The zero-order valence-corrected chi connectivity index (χ0v) is 7.76. The molecule has 9 heavy (non-hydrogen) atoms. The second-order valence-corrected chi connectivity index (χ2v) is 2.15. The number of carboxylic acids is 1. The monoisotopic (exact) mass is 137 g/mol. The third-order valence-electron chi connectivity index (χ3n) is 1.32. The predicted octanol–water partition coefficient (Wildman–Crippen LogP) is -4.56. The van der Waals surface area contributed by atoms with Crippen LogP contribution >= 0.6 is 0 Å². The van der Waals surface area contributed by atoms with E-state index >= 15 is 0 Å². The van der Waals surface area contributed by atoms with Crippen molar-refractivity contribution in [1.82, 2.24) is 4.90 Å². The third kappa shape index (κ3) is 3.20. The van der Waals surface area contributed by atoms with E-state index in [1.807, 2.05) is 11.8 Å². The molecule has 0 aromatic carbocycles. The van der Waals surface area contributed by atoms with Crippen molar-refractivity contribution in [2.75, 3.05) is 13.1 Å². The molecular weight excluding hydrogens is 129 g/mol. The number of carbonyl (C=O) groups excluding carboxylic acids is 1. The summed E-state index contributed by atoms with van der Waals surface area (Å²) >= 11 is 0. The summed E-state index contributed by atoms with van der Waals surface area (Å²) in [6.07, 6.45) is 0. The van der Waals surface area contributed by atoms with Crippen LogP contribution in [0.1, 0.15) is 6.92 Å². The Kier molecular flexibility index (Phi) is 3.73. The maximum atomic E-state index is 9.84. The Morgan fingerprint density at radius 1 is 1.89 bits per heavy atom. The Balaban J connectivity index is 0.000000640. The molecule has 1 aliphatic heterocycles. The van der Waals surface area contributed by atoms with Gasteiger partial charge in [-0.15, -0.1) is 0 Å². The standard InChI is InChI=1S/C5H9NO2.Na/c1-4-2-6(4)3-5(7)8;/h4H,2-3H2,1H3,(H,7,8);/q;+1/p-1. The maximum Gasteiger partial charge on any atom is 1.00 e. The first-order valence-corrected chi connectivity index (χ1v) is 2.64. The summed E-state index contributed by atoms with van der Waals surface area (Å²) in [7, 11) is 0. The van der Waals surface area contributed by atoms with Crippen LogP contribution in [0.2, 0.25) is 0 Å². The fraction of sp³-hybridized carbons (Fsp3) is 0.800. The minimum absolute atomic E-state index is 0. The van der Waals surface area contributed by atoms with Crippen LogP contribution in [-0.4, -0.2) is 30.0 Å². The van der Waals surface area contributed by atoms with E-state index in [1.54, 1.807) is 0 Å². The van der Waals surface area contributed by atoms with Gasteiger partial charge in [-0.3, -0.25) is 4.90 Å². The van der Waals surface area contributed by atoms with Crippen LogP contribution in [0, 0.1) is 0 Å². The molecule has 1 rings (SSSR count). The largest absolute Gasteiger partial charge is 1.00 e. The molecule has 2 atom stereocenters. The molecule has 0 saturated carbocycles. The van der Waals surface area contributed by atoms with Crippen molar-refractivity contribution in [2.24, 2.45) is 0 Å². The van der Waals surface area contributed by atoms with Gasteiger partial charge in [0.2, 0.25) is 0 Å². The van der Waals surface area contributed by atoms with Gasteiger partial charge in [-0.25, -0.2) is 0 Å². The molecule has 4 heteroatoms. The Morgan fingerprint density at radius 3 is 2.44 bits per heavy atom. The minimum Gasteiger partial charge on any atom is -0.549 e. The molecule has 0 aliphatic carbocycles. The third-order valence-corrected chi connectivity index (χ3v) is 1.32. The Bertz CT molecular complexity index is 118. The Morgan fingerprint density at radius 2 is 2.33 bits per heavy atom. The van der Waals surface area contributed by atoms with Gasteiger partial charge < -0.3 is 9.90 Å². The molecule has 1 aliphatic rings. The molecule has 0 spiro atoms. The summed E-state index contributed by atoms with van der Waals surface area (Å²) in [6.45, 7) is 3.00. The molecule has 0 aromatic rings. The first-order chi connectivity index (χ1) is 3.70. The fourth-order valence-corrected chi connectivity index (χ4v) is 0.678. The van der Waals surface area contributed by atoms with E-state index in [0.717, 1.165) is 6.54 Å². The predicted molar refractivity (Wildman–Crippen MR) is 26.0 cm³/mol. The molecule has 2 unspecified atom stereocenters. The van der Waals surface area contributed by atoms with Crippen molar-refractivity contribution >= 4 is 5.97 Å². The molecule has 3 nitrogen and oxygen atoms in total. The quantitative estimate of drug-likeness (QED) is 0.284. The molecule has 0 radical (unpaired) electrons. The van der Waals surface area contributed by atoms with Gasteiger partial charge in [0.1, 0.15) is 0 Å². The van der Waals surface area contributed by atoms with Crippen molar-refractivity contribution in [3.63, 3.8) is 0 Å². The maximum absolute atomic E-state index is 9.84. The van der Waals surface area contributed by atoms with Gasteiger partial charge in [-0.05, 0) is 6.92 Å². The van der Waals surface area contributed by atoms with Crippen LogP contribution in [0.4, 0.5) is 0 Å². The summed E-state index contributed by atoms with van der Waals surface area (Å²) < 4.78 is 0. The van der Waals surface area contributed by atoms with Gasteiger partial charge in [-0.1, -0.05) is 0 Å². The Labute approximate surface area is 76.3 Å². The van der Waals surface area contributed by atoms with Crippen LogP contribution < -0.4 is 34.7 Å². The van der Waals surface area contributed by atoms with Crippen LogP contribution in [-0.2, 0) is 4.79 Å². The number of carboxylic acid groups (broad SMARTS) is 1. The first kappa shape index (κ1) is 9.43. The minimum atomic E-state index is -0.977. The molecule has 1 saturated heterocycles. The second kappa shape index (κ2) is 3.56. The fourth-order valence-electron chi connectivity index (χ4n) is 0.678. The van der Waals surface area contributed by atoms with Gasteiger partial charge in [0.25, 0.3) is 0 Å². The first-order valence-electron chi connectivity index (χ1n) is 2.64. The van der Waals surface area contributed by atoms with Gasteiger partial charge in [0.05, 0.1) is 5.97 Å². The van der Waals surface area contributed by atoms with Crippen LogP contribution in [0.5, 0.6) is 0 Å². The number of hydrogen-bond acceptors (Lipinski definition) is 3. The van der Waals surface area contributed by atoms with Crippen molar-refractivity contribution in [1.29, 1.82) is 0 Å². The molecule has 1 heterocycles. The molecule has 0 aromatic heterocycles. The summed E-state index contributed by atoms with van der Waals surface area (Å²) in [4.78, 5) is 11.7. The molecule has 0 N–H and O–H groups in total. The zero-order valence-electron chi connectivity index (χ0n) is 5.76. The zero-order chi connectivity index (χ0) is 6.15. The molecule has 46 valence electrons. The van der Waals surface area contributed by atoms with Crippen LogP contribution in [0.15, 0.2) is 0 Å². The van der Waals surface area contributed by atoms with Crippen molar-refractivity contribution < 1.29 is 39.5 Å². The summed E-state index contributed by atoms with van der Waals surface area (Å²) in [5.41, 5.74) is 0. The summed E-state index contributed by atoms with van der Waals surface area (Å²) in [5.74, 6) is -0.977. The number of rotatable bonds is 2. The summed E-state index contributed by atoms with van der Waals surface area (Å²) in [5, 5.41) is 9.84. The topological polar surface area (TPSA) is 43.1 Å². The Hall–Kier alpha value is 0.430. The van der Waals surface area contributed by atoms with E-state index in [1.165, 1.54) is 0 Å². The number of hydrogen-bond donors (Lipinski definition) is 0. The smallest absolute Gasteiger partial charge is 0.549 e. The number of aliphatic carboxylic acids is 1. The number of carbonyl (C=O) groups is 1. The SMILES string of the molecule is CC1CN1CC(=O)[O-].[Na+]. The average Bonchev–Trinajstić information content (AvgIpc) is 2.17. The van der Waals surface area contributed by atoms with Gasteiger partial charge in [-0.2, -0.15) is 0 Å². The van der Waals surface area contributed by atoms with Crippen molar-refractivity contribution in [3.05, 3.63) is 0 Å². The second-order valence-electron chi connectivity index (χ2n) is 2.15. The number of nitrogens with zero attached hydrogens (tertiary/aromatic N) is 1. The molecule has 0 bridgehead atoms. The normalized spacial score (nSPS) is 30.8. The van der Waals surface area contributed by atoms with Crippen LogP contribution in [0.3, 0.4) is 0 Å². The van der Waals surface area contributed by atoms with E-state index in [9.17, 15) is 9.90 Å². The van der Waals surface area contributed by atoms with E-state index in [-0.39, 0.29) is 36.1 Å². The van der Waals surface area contributed by atoms with Crippen molar-refractivity contribution in [3.8, 4) is 0 Å². The van der Waals surface area contributed by atoms with E-state index in [4.69, 9.17) is 0 Å². The molecule has 0 amide bonds. The summed E-state index contributed by atoms with van der Waals surface area (Å²) in [6, 6.07) is 0.466. The van der Waals surface area contributed by atoms with E-state index < -0.39 is 5.97 Å². The van der Waals surface area contributed by atoms with E-state index in [2.05, 4.69) is 0 Å². The molecule has 1 fully saturated rings. The van der Waals surface area contributed by atoms with Crippen molar-refractivity contribution in [2.45, 2.75) is 13.0 Å². The molecular formula is C5H8NNaO2. The van der Waals surface area contributed by atoms with Crippen LogP contribution in [0.25, 0.3) is 0 Å². The van der Waals surface area contributed by atoms with Gasteiger partial charge >= 0.3 is 29.6 Å². The van der Waals surface area contributed by atoms with Gasteiger partial charge in [0, 0.05) is 19.1 Å². The van der Waals surface area contributed by atoms with E-state index in [0.29, 0.717) is 6.04 Å². The average molecular weight is 137 g/mol.